The van der Waals surface area contributed by atoms with E-state index in [2.05, 4.69) is 5.32 Å². The van der Waals surface area contributed by atoms with Crippen molar-refractivity contribution in [3.05, 3.63) is 75.5 Å². The van der Waals surface area contributed by atoms with Gasteiger partial charge in [-0.3, -0.25) is 9.69 Å². The molecule has 162 valence electrons. The first-order valence-corrected chi connectivity index (χ1v) is 10.7. The first-order chi connectivity index (χ1) is 15.0. The predicted molar refractivity (Wildman–Crippen MR) is 116 cm³/mol. The van der Waals surface area contributed by atoms with E-state index in [0.717, 1.165) is 28.1 Å². The van der Waals surface area contributed by atoms with Gasteiger partial charge in [-0.1, -0.05) is 12.1 Å². The Labute approximate surface area is 183 Å². The maximum atomic E-state index is 13.9. The first kappa shape index (κ1) is 21.3. The second-order valence-electron chi connectivity index (χ2n) is 7.19. The fourth-order valence-corrected chi connectivity index (χ4v) is 4.81. The van der Waals surface area contributed by atoms with Gasteiger partial charge in [0.1, 0.15) is 17.3 Å². The van der Waals surface area contributed by atoms with Crippen LogP contribution in [0.1, 0.15) is 22.0 Å². The molecule has 1 aliphatic heterocycles. The molecular formula is C23H22F2N2O3S. The van der Waals surface area contributed by atoms with Crippen LogP contribution in [0.15, 0.2) is 47.8 Å². The summed E-state index contributed by atoms with van der Waals surface area (Å²) in [5.41, 5.74) is 1.72. The number of methoxy groups -OCH3 is 2. The van der Waals surface area contributed by atoms with Gasteiger partial charge in [0.2, 0.25) is 5.91 Å². The van der Waals surface area contributed by atoms with Crippen LogP contribution >= 0.6 is 11.3 Å². The number of carbonyl (C=O) groups excluding carboxylic acids is 1. The number of anilines is 1. The Hall–Kier alpha value is -2.97. The van der Waals surface area contributed by atoms with Crippen LogP contribution in [0.3, 0.4) is 0 Å². The van der Waals surface area contributed by atoms with Gasteiger partial charge in [0.25, 0.3) is 0 Å². The number of carbonyl (C=O) groups is 1. The van der Waals surface area contributed by atoms with Gasteiger partial charge < -0.3 is 14.8 Å². The third kappa shape index (κ3) is 4.26. The van der Waals surface area contributed by atoms with E-state index >= 15 is 0 Å². The Morgan fingerprint density at radius 3 is 2.48 bits per heavy atom. The average Bonchev–Trinajstić information content (AvgIpc) is 3.29. The number of para-hydroxylation sites is 1. The van der Waals surface area contributed by atoms with Crippen molar-refractivity contribution < 1.29 is 23.0 Å². The van der Waals surface area contributed by atoms with Gasteiger partial charge in [-0.25, -0.2) is 8.78 Å². The maximum absolute atomic E-state index is 13.9. The highest BCUT2D eigenvalue weighted by Gasteiger charge is 2.32. The predicted octanol–water partition coefficient (Wildman–Crippen LogP) is 4.63. The molecule has 0 spiro atoms. The number of amides is 1. The molecule has 2 aromatic carbocycles. The van der Waals surface area contributed by atoms with Crippen LogP contribution in [0, 0.1) is 11.6 Å². The standard InChI is InChI=1S/C23H22F2N2O3S/c1-29-18-11-14-8-9-27(13-21(28)26-22-16(24)5-3-6-17(22)25)23(20-7-4-10-31-20)15(14)12-19(18)30-2/h3-7,10-12,23H,8-9,13H2,1-2H3,(H,26,28). The number of rotatable bonds is 6. The number of hydrogen-bond donors (Lipinski definition) is 1. The summed E-state index contributed by atoms with van der Waals surface area (Å²) in [7, 11) is 3.18. The maximum Gasteiger partial charge on any atom is 0.238 e. The molecule has 0 fully saturated rings. The van der Waals surface area contributed by atoms with Crippen LogP contribution in [0.5, 0.6) is 11.5 Å². The lowest BCUT2D eigenvalue weighted by atomic mass is 9.91. The normalized spacial score (nSPS) is 15.9. The zero-order chi connectivity index (χ0) is 22.0. The topological polar surface area (TPSA) is 50.8 Å². The third-order valence-electron chi connectivity index (χ3n) is 5.36. The lowest BCUT2D eigenvalue weighted by Gasteiger charge is -2.37. The molecule has 0 radical (unpaired) electrons. The number of fused-ring (bicyclic) bond motifs is 1. The highest BCUT2D eigenvalue weighted by Crippen LogP contribution is 2.42. The van der Waals surface area contributed by atoms with Crippen molar-refractivity contribution in [2.24, 2.45) is 0 Å². The van der Waals surface area contributed by atoms with Crippen LogP contribution in [-0.2, 0) is 11.2 Å². The highest BCUT2D eigenvalue weighted by molar-refractivity contribution is 7.10. The van der Waals surface area contributed by atoms with E-state index in [1.807, 2.05) is 34.5 Å². The number of thiophene rings is 1. The molecule has 1 aliphatic rings. The lowest BCUT2D eigenvalue weighted by Crippen LogP contribution is -2.41. The van der Waals surface area contributed by atoms with Crippen molar-refractivity contribution in [1.82, 2.24) is 4.90 Å². The third-order valence-corrected chi connectivity index (χ3v) is 6.28. The van der Waals surface area contributed by atoms with Crippen molar-refractivity contribution in [1.29, 1.82) is 0 Å². The molecule has 31 heavy (non-hydrogen) atoms. The van der Waals surface area contributed by atoms with Crippen molar-refractivity contribution >= 4 is 22.9 Å². The Kier molecular flexibility index (Phi) is 6.20. The molecule has 0 bridgehead atoms. The highest BCUT2D eigenvalue weighted by atomic mass is 32.1. The van der Waals surface area contributed by atoms with Gasteiger partial charge in [-0.2, -0.15) is 0 Å². The molecule has 2 heterocycles. The quantitative estimate of drug-likeness (QED) is 0.602. The van der Waals surface area contributed by atoms with Crippen molar-refractivity contribution in [2.75, 3.05) is 32.6 Å². The van der Waals surface area contributed by atoms with E-state index < -0.39 is 23.2 Å². The smallest absolute Gasteiger partial charge is 0.238 e. The molecular weight excluding hydrogens is 422 g/mol. The number of benzene rings is 2. The zero-order valence-electron chi connectivity index (χ0n) is 17.2. The molecule has 0 saturated heterocycles. The van der Waals surface area contributed by atoms with E-state index in [4.69, 9.17) is 9.47 Å². The summed E-state index contributed by atoms with van der Waals surface area (Å²) in [6, 6.07) is 11.2. The van der Waals surface area contributed by atoms with E-state index in [1.165, 1.54) is 6.07 Å². The SMILES string of the molecule is COc1cc2c(cc1OC)C(c1cccs1)N(CC(=O)Nc1c(F)cccc1F)CC2. The zero-order valence-corrected chi connectivity index (χ0v) is 18.0. The molecule has 3 aromatic rings. The molecule has 4 rings (SSSR count). The summed E-state index contributed by atoms with van der Waals surface area (Å²) in [6.45, 7) is 0.600. The molecule has 0 aliphatic carbocycles. The molecule has 5 nitrogen and oxygen atoms in total. The van der Waals surface area contributed by atoms with Crippen LogP contribution < -0.4 is 14.8 Å². The number of halogens is 2. The Bertz CT molecular complexity index is 1070. The molecule has 1 N–H and O–H groups in total. The molecule has 1 atom stereocenters. The van der Waals surface area contributed by atoms with E-state index in [0.29, 0.717) is 24.5 Å². The van der Waals surface area contributed by atoms with E-state index in [9.17, 15) is 13.6 Å². The van der Waals surface area contributed by atoms with E-state index in [-0.39, 0.29) is 12.6 Å². The van der Waals surface area contributed by atoms with Crippen LogP contribution in [0.25, 0.3) is 0 Å². The van der Waals surface area contributed by atoms with Gasteiger partial charge in [-0.05, 0) is 53.3 Å². The second kappa shape index (κ2) is 9.03. The molecule has 1 amide bonds. The average molecular weight is 445 g/mol. The fourth-order valence-electron chi connectivity index (χ4n) is 3.93. The number of hydrogen-bond acceptors (Lipinski definition) is 5. The van der Waals surface area contributed by atoms with Crippen molar-refractivity contribution in [2.45, 2.75) is 12.5 Å². The summed E-state index contributed by atoms with van der Waals surface area (Å²) in [5, 5.41) is 4.37. The van der Waals surface area contributed by atoms with Crippen LogP contribution in [0.4, 0.5) is 14.5 Å². The largest absolute Gasteiger partial charge is 0.493 e. The summed E-state index contributed by atoms with van der Waals surface area (Å²) in [6.07, 6.45) is 0.707. The van der Waals surface area contributed by atoms with Crippen LogP contribution in [0.2, 0.25) is 0 Å². The first-order valence-electron chi connectivity index (χ1n) is 9.78. The number of ether oxygens (including phenoxy) is 2. The number of nitrogens with zero attached hydrogens (tertiary/aromatic N) is 1. The molecule has 1 unspecified atom stereocenters. The summed E-state index contributed by atoms with van der Waals surface area (Å²) in [5.74, 6) is -0.808. The van der Waals surface area contributed by atoms with Gasteiger partial charge >= 0.3 is 0 Å². The van der Waals surface area contributed by atoms with Crippen LogP contribution in [-0.4, -0.2) is 38.1 Å². The fraction of sp³-hybridized carbons (Fsp3) is 0.261. The Morgan fingerprint density at radius 1 is 1.13 bits per heavy atom. The minimum absolute atomic E-state index is 0.00980. The summed E-state index contributed by atoms with van der Waals surface area (Å²) >= 11 is 1.59. The second-order valence-corrected chi connectivity index (χ2v) is 8.17. The van der Waals surface area contributed by atoms with Crippen molar-refractivity contribution in [3.63, 3.8) is 0 Å². The van der Waals surface area contributed by atoms with Gasteiger partial charge in [-0.15, -0.1) is 11.3 Å². The van der Waals surface area contributed by atoms with E-state index in [1.54, 1.807) is 25.6 Å². The molecule has 1 aromatic heterocycles. The Balaban J connectivity index is 1.64. The van der Waals surface area contributed by atoms with Gasteiger partial charge in [0.15, 0.2) is 11.5 Å². The van der Waals surface area contributed by atoms with Crippen molar-refractivity contribution in [3.8, 4) is 11.5 Å². The Morgan fingerprint density at radius 2 is 1.84 bits per heavy atom. The molecule has 8 heteroatoms. The summed E-state index contributed by atoms with van der Waals surface area (Å²) in [4.78, 5) is 15.8. The van der Waals surface area contributed by atoms with Gasteiger partial charge in [0.05, 0.1) is 26.8 Å². The number of nitrogens with one attached hydrogen (secondary N) is 1. The minimum atomic E-state index is -0.802. The van der Waals surface area contributed by atoms with Gasteiger partial charge in [0, 0.05) is 11.4 Å². The lowest BCUT2D eigenvalue weighted by molar-refractivity contribution is -0.117. The molecule has 0 saturated carbocycles. The minimum Gasteiger partial charge on any atom is -0.493 e. The summed E-state index contributed by atoms with van der Waals surface area (Å²) < 4.78 is 38.8. The monoisotopic (exact) mass is 444 g/mol.